The number of carbonyl (C=O) groups excluding carboxylic acids is 1. The highest BCUT2D eigenvalue weighted by molar-refractivity contribution is 6.32. The average Bonchev–Trinajstić information content (AvgIpc) is 2.48. The van der Waals surface area contributed by atoms with Crippen molar-refractivity contribution in [3.63, 3.8) is 0 Å². The molecule has 0 amide bonds. The summed E-state index contributed by atoms with van der Waals surface area (Å²) in [5.41, 5.74) is 7.67. The standard InChI is InChI=1S/C15H14ClNO3/c1-19-15(18)11-4-2-10(3-5-11)9-20-14-8-12(17)6-7-13(14)16/h2-8H,9,17H2,1H3. The minimum Gasteiger partial charge on any atom is -0.487 e. The fourth-order valence-electron chi connectivity index (χ4n) is 1.65. The highest BCUT2D eigenvalue weighted by atomic mass is 35.5. The lowest BCUT2D eigenvalue weighted by molar-refractivity contribution is 0.0600. The normalized spacial score (nSPS) is 10.1. The largest absolute Gasteiger partial charge is 0.487 e. The van der Waals surface area contributed by atoms with Crippen molar-refractivity contribution in [2.24, 2.45) is 0 Å². The molecule has 2 aromatic carbocycles. The van der Waals surface area contributed by atoms with Gasteiger partial charge in [0.1, 0.15) is 12.4 Å². The monoisotopic (exact) mass is 291 g/mol. The van der Waals surface area contributed by atoms with Crippen LogP contribution >= 0.6 is 11.6 Å². The summed E-state index contributed by atoms with van der Waals surface area (Å²) in [7, 11) is 1.35. The van der Waals surface area contributed by atoms with E-state index in [4.69, 9.17) is 22.1 Å². The van der Waals surface area contributed by atoms with Crippen molar-refractivity contribution in [2.75, 3.05) is 12.8 Å². The number of ether oxygens (including phenoxy) is 2. The Hall–Kier alpha value is -2.20. The highest BCUT2D eigenvalue weighted by Crippen LogP contribution is 2.27. The summed E-state index contributed by atoms with van der Waals surface area (Å²) in [5.74, 6) is 0.167. The minimum atomic E-state index is -0.364. The summed E-state index contributed by atoms with van der Waals surface area (Å²) < 4.78 is 10.2. The van der Waals surface area contributed by atoms with Gasteiger partial charge in [-0.15, -0.1) is 0 Å². The van der Waals surface area contributed by atoms with Crippen LogP contribution in [0.4, 0.5) is 5.69 Å². The first-order chi connectivity index (χ1) is 9.60. The number of nitrogens with two attached hydrogens (primary N) is 1. The van der Waals surface area contributed by atoms with E-state index in [1.165, 1.54) is 7.11 Å². The maximum atomic E-state index is 11.3. The smallest absolute Gasteiger partial charge is 0.337 e. The van der Waals surface area contributed by atoms with Gasteiger partial charge in [0, 0.05) is 11.8 Å². The fourth-order valence-corrected chi connectivity index (χ4v) is 1.82. The first kappa shape index (κ1) is 14.2. The molecule has 5 heteroatoms. The molecule has 0 atom stereocenters. The van der Waals surface area contributed by atoms with Crippen molar-refractivity contribution < 1.29 is 14.3 Å². The second-order valence-electron chi connectivity index (χ2n) is 4.17. The van der Waals surface area contributed by atoms with Gasteiger partial charge in [-0.1, -0.05) is 23.7 Å². The second-order valence-corrected chi connectivity index (χ2v) is 4.57. The van der Waals surface area contributed by atoms with E-state index in [1.54, 1.807) is 42.5 Å². The van der Waals surface area contributed by atoms with Crippen molar-refractivity contribution in [1.82, 2.24) is 0 Å². The molecule has 0 saturated carbocycles. The van der Waals surface area contributed by atoms with Crippen LogP contribution in [0.15, 0.2) is 42.5 Å². The lowest BCUT2D eigenvalue weighted by Gasteiger charge is -2.09. The van der Waals surface area contributed by atoms with Crippen LogP contribution in [0.3, 0.4) is 0 Å². The topological polar surface area (TPSA) is 61.5 Å². The van der Waals surface area contributed by atoms with Gasteiger partial charge in [0.15, 0.2) is 0 Å². The van der Waals surface area contributed by atoms with E-state index in [1.807, 2.05) is 0 Å². The molecular formula is C15H14ClNO3. The zero-order chi connectivity index (χ0) is 14.5. The number of anilines is 1. The third-order valence-corrected chi connectivity index (χ3v) is 3.04. The van der Waals surface area contributed by atoms with E-state index in [9.17, 15) is 4.79 Å². The molecule has 0 unspecified atom stereocenters. The van der Waals surface area contributed by atoms with Crippen molar-refractivity contribution in [3.8, 4) is 5.75 Å². The zero-order valence-corrected chi connectivity index (χ0v) is 11.7. The quantitative estimate of drug-likeness (QED) is 0.693. The molecule has 2 aromatic rings. The average molecular weight is 292 g/mol. The Morgan fingerprint density at radius 3 is 2.55 bits per heavy atom. The van der Waals surface area contributed by atoms with E-state index in [-0.39, 0.29) is 5.97 Å². The Labute approximate surface area is 122 Å². The van der Waals surface area contributed by atoms with Gasteiger partial charge in [0.2, 0.25) is 0 Å². The van der Waals surface area contributed by atoms with Gasteiger partial charge in [0.25, 0.3) is 0 Å². The lowest BCUT2D eigenvalue weighted by Crippen LogP contribution is -2.02. The first-order valence-electron chi connectivity index (χ1n) is 5.95. The Bertz CT molecular complexity index is 611. The maximum Gasteiger partial charge on any atom is 0.337 e. The van der Waals surface area contributed by atoms with E-state index < -0.39 is 0 Å². The van der Waals surface area contributed by atoms with Gasteiger partial charge >= 0.3 is 5.97 Å². The second kappa shape index (κ2) is 6.30. The number of methoxy groups -OCH3 is 1. The number of hydrogen-bond acceptors (Lipinski definition) is 4. The Balaban J connectivity index is 2.04. The molecule has 0 aromatic heterocycles. The fraction of sp³-hybridized carbons (Fsp3) is 0.133. The van der Waals surface area contributed by atoms with Crippen LogP contribution in [0, 0.1) is 0 Å². The minimum absolute atomic E-state index is 0.338. The summed E-state index contributed by atoms with van der Waals surface area (Å²) in [4.78, 5) is 11.3. The van der Waals surface area contributed by atoms with E-state index >= 15 is 0 Å². The Morgan fingerprint density at radius 1 is 1.20 bits per heavy atom. The molecule has 0 aliphatic carbocycles. The third kappa shape index (κ3) is 3.42. The Kier molecular flexibility index (Phi) is 4.48. The van der Waals surface area contributed by atoms with Crippen molar-refractivity contribution in [3.05, 3.63) is 58.6 Å². The number of nitrogen functional groups attached to an aromatic ring is 1. The predicted octanol–water partition coefficient (Wildman–Crippen LogP) is 3.29. The Morgan fingerprint density at radius 2 is 1.90 bits per heavy atom. The number of rotatable bonds is 4. The van der Waals surface area contributed by atoms with Gasteiger partial charge in [-0.2, -0.15) is 0 Å². The van der Waals surface area contributed by atoms with Crippen molar-refractivity contribution in [2.45, 2.75) is 6.61 Å². The van der Waals surface area contributed by atoms with E-state index in [0.29, 0.717) is 28.6 Å². The molecule has 104 valence electrons. The maximum absolute atomic E-state index is 11.3. The van der Waals surface area contributed by atoms with Crippen LogP contribution in [0.5, 0.6) is 5.75 Å². The van der Waals surface area contributed by atoms with Crippen LogP contribution in [0.25, 0.3) is 0 Å². The van der Waals surface area contributed by atoms with E-state index in [0.717, 1.165) is 5.56 Å². The molecule has 20 heavy (non-hydrogen) atoms. The third-order valence-electron chi connectivity index (χ3n) is 2.72. The lowest BCUT2D eigenvalue weighted by atomic mass is 10.1. The summed E-state index contributed by atoms with van der Waals surface area (Å²) in [6, 6.07) is 12.0. The molecule has 0 bridgehead atoms. The highest BCUT2D eigenvalue weighted by Gasteiger charge is 2.06. The molecule has 2 rings (SSSR count). The summed E-state index contributed by atoms with van der Waals surface area (Å²) >= 11 is 6.01. The van der Waals surface area contributed by atoms with Gasteiger partial charge in [0.05, 0.1) is 17.7 Å². The number of esters is 1. The van der Waals surface area contributed by atoms with Gasteiger partial charge in [-0.25, -0.2) is 4.79 Å². The number of carbonyl (C=O) groups is 1. The summed E-state index contributed by atoms with van der Waals surface area (Å²) in [6.45, 7) is 0.338. The van der Waals surface area contributed by atoms with Crippen LogP contribution < -0.4 is 10.5 Å². The number of benzene rings is 2. The molecule has 0 radical (unpaired) electrons. The van der Waals surface area contributed by atoms with Gasteiger partial charge in [-0.05, 0) is 29.8 Å². The predicted molar refractivity (Wildman–Crippen MR) is 78.0 cm³/mol. The van der Waals surface area contributed by atoms with Crippen LogP contribution in [0.1, 0.15) is 15.9 Å². The molecule has 0 fully saturated rings. The molecule has 4 nitrogen and oxygen atoms in total. The van der Waals surface area contributed by atoms with Crippen LogP contribution in [-0.2, 0) is 11.3 Å². The summed E-state index contributed by atoms with van der Waals surface area (Å²) in [6.07, 6.45) is 0. The zero-order valence-electron chi connectivity index (χ0n) is 10.9. The molecule has 0 saturated heterocycles. The molecule has 0 aliphatic heterocycles. The van der Waals surface area contributed by atoms with Gasteiger partial charge in [-0.3, -0.25) is 0 Å². The molecule has 0 spiro atoms. The molecule has 0 aliphatic rings. The first-order valence-corrected chi connectivity index (χ1v) is 6.33. The van der Waals surface area contributed by atoms with Crippen LogP contribution in [-0.4, -0.2) is 13.1 Å². The molecule has 2 N–H and O–H groups in total. The number of hydrogen-bond donors (Lipinski definition) is 1. The van der Waals surface area contributed by atoms with Crippen molar-refractivity contribution in [1.29, 1.82) is 0 Å². The SMILES string of the molecule is COC(=O)c1ccc(COc2cc(N)ccc2Cl)cc1. The van der Waals surface area contributed by atoms with E-state index in [2.05, 4.69) is 4.74 Å². The van der Waals surface area contributed by atoms with Crippen LogP contribution in [0.2, 0.25) is 5.02 Å². The molecule has 0 heterocycles. The van der Waals surface area contributed by atoms with Gasteiger partial charge < -0.3 is 15.2 Å². The summed E-state index contributed by atoms with van der Waals surface area (Å²) in [5, 5.41) is 0.505. The number of halogens is 1. The van der Waals surface area contributed by atoms with Crippen molar-refractivity contribution >= 4 is 23.3 Å². The molecular weight excluding hydrogens is 278 g/mol.